The number of hydrogen-bond donors (Lipinski definition) is 0. The molecule has 0 spiro atoms. The van der Waals surface area contributed by atoms with Crippen LogP contribution in [-0.2, 0) is 33.2 Å². The zero-order valence-corrected chi connectivity index (χ0v) is 40.6. The number of unbranched alkanes of at least 4 members (excludes halogenated alkanes) is 26. The second kappa shape index (κ2) is 49.2. The van der Waals surface area contributed by atoms with Gasteiger partial charge in [0.2, 0.25) is 0 Å². The molecule has 7 nitrogen and oxygen atoms in total. The molecule has 0 fully saturated rings. The Labute approximate surface area is 368 Å². The lowest BCUT2D eigenvalue weighted by atomic mass is 10.1. The fourth-order valence-electron chi connectivity index (χ4n) is 7.10. The molecule has 0 aromatic rings. The van der Waals surface area contributed by atoms with E-state index in [0.29, 0.717) is 26.4 Å². The lowest BCUT2D eigenvalue weighted by Crippen LogP contribution is -2.14. The van der Waals surface area contributed by atoms with Crippen molar-refractivity contribution in [2.75, 3.05) is 53.2 Å². The maximum Gasteiger partial charge on any atom is 0.159 e. The van der Waals surface area contributed by atoms with Crippen LogP contribution in [0.25, 0.3) is 0 Å². The summed E-state index contributed by atoms with van der Waals surface area (Å²) in [6.45, 7) is 17.3. The fourth-order valence-corrected chi connectivity index (χ4v) is 7.10. The van der Waals surface area contributed by atoms with Crippen molar-refractivity contribution in [1.29, 1.82) is 0 Å². The first-order chi connectivity index (χ1) is 29.2. The van der Waals surface area contributed by atoms with Gasteiger partial charge in [0.05, 0.1) is 26.4 Å². The highest BCUT2D eigenvalue weighted by molar-refractivity contribution is 5.03. The van der Waals surface area contributed by atoms with E-state index in [4.69, 9.17) is 33.2 Å². The summed E-state index contributed by atoms with van der Waals surface area (Å²) in [6, 6.07) is 0. The van der Waals surface area contributed by atoms with Crippen molar-refractivity contribution in [1.82, 2.24) is 0 Å². The summed E-state index contributed by atoms with van der Waals surface area (Å²) in [5, 5.41) is 0. The van der Waals surface area contributed by atoms with Crippen LogP contribution >= 0.6 is 0 Å². The van der Waals surface area contributed by atoms with E-state index >= 15 is 0 Å². The van der Waals surface area contributed by atoms with Gasteiger partial charge in [-0.3, -0.25) is 0 Å². The Bertz CT molecular complexity index is 818. The van der Waals surface area contributed by atoms with Crippen LogP contribution in [0, 0.1) is 0 Å². The smallest absolute Gasteiger partial charge is 0.159 e. The zero-order valence-electron chi connectivity index (χ0n) is 40.6. The van der Waals surface area contributed by atoms with Crippen molar-refractivity contribution in [2.45, 2.75) is 260 Å². The topological polar surface area (TPSA) is 64.6 Å². The van der Waals surface area contributed by atoms with Gasteiger partial charge in [-0.05, 0) is 38.5 Å². The molecule has 0 aromatic heterocycles. The Hall–Kier alpha value is -1.44. The van der Waals surface area contributed by atoms with Gasteiger partial charge < -0.3 is 33.2 Å². The molecule has 0 aliphatic rings. The van der Waals surface area contributed by atoms with E-state index in [1.807, 2.05) is 0 Å². The van der Waals surface area contributed by atoms with Crippen molar-refractivity contribution in [3.05, 3.63) is 23.0 Å². The lowest BCUT2D eigenvalue weighted by molar-refractivity contribution is -0.132. The van der Waals surface area contributed by atoms with Gasteiger partial charge in [-0.1, -0.05) is 208 Å². The first-order valence-corrected chi connectivity index (χ1v) is 25.9. The second-order valence-electron chi connectivity index (χ2n) is 16.9. The predicted octanol–water partition coefficient (Wildman–Crippen LogP) is 16.8. The number of rotatable bonds is 50. The van der Waals surface area contributed by atoms with Crippen LogP contribution in [0.1, 0.15) is 260 Å². The largest absolute Gasteiger partial charge is 0.494 e. The first kappa shape index (κ1) is 57.6. The Balaban J connectivity index is 5.31. The molecule has 352 valence electrons. The molecule has 0 bridgehead atoms. The number of hydrogen-bond acceptors (Lipinski definition) is 7. The molecular weight excluding hydrogens is 737 g/mol. The number of allylic oxidation sites excluding steroid dienone is 2. The third kappa shape index (κ3) is 40.4. The Morgan fingerprint density at radius 3 is 0.746 bits per heavy atom. The molecule has 0 unspecified atom stereocenters. The SMILES string of the molecule is CCCCCCCCCOC(CCCC)=C(COCOCOCC(OCCCCCCCCC)=C(CCCC)OCCCCCCCCC)OCCCCCCCCC. The van der Waals surface area contributed by atoms with Gasteiger partial charge >= 0.3 is 0 Å². The van der Waals surface area contributed by atoms with Gasteiger partial charge in [-0.25, -0.2) is 0 Å². The predicted molar refractivity (Wildman–Crippen MR) is 252 cm³/mol. The van der Waals surface area contributed by atoms with E-state index in [9.17, 15) is 0 Å². The summed E-state index contributed by atoms with van der Waals surface area (Å²) in [5.74, 6) is 3.58. The Kier molecular flexibility index (Phi) is 48.0. The van der Waals surface area contributed by atoms with Crippen LogP contribution in [0.4, 0.5) is 0 Å². The molecule has 0 rings (SSSR count). The maximum atomic E-state index is 6.44. The molecular formula is C52H102O7. The van der Waals surface area contributed by atoms with E-state index in [1.165, 1.54) is 154 Å². The van der Waals surface area contributed by atoms with E-state index in [2.05, 4.69) is 41.5 Å². The van der Waals surface area contributed by atoms with E-state index in [0.717, 1.165) is 100 Å². The van der Waals surface area contributed by atoms with Gasteiger partial charge in [-0.15, -0.1) is 0 Å². The van der Waals surface area contributed by atoms with Gasteiger partial charge in [-0.2, -0.15) is 0 Å². The van der Waals surface area contributed by atoms with Gasteiger partial charge in [0, 0.05) is 12.8 Å². The van der Waals surface area contributed by atoms with Gasteiger partial charge in [0.25, 0.3) is 0 Å². The third-order valence-electron chi connectivity index (χ3n) is 11.0. The summed E-state index contributed by atoms with van der Waals surface area (Å²) < 4.78 is 43.7. The van der Waals surface area contributed by atoms with Crippen LogP contribution in [0.15, 0.2) is 23.0 Å². The van der Waals surface area contributed by atoms with Crippen LogP contribution in [-0.4, -0.2) is 53.2 Å². The van der Waals surface area contributed by atoms with Gasteiger partial charge in [0.1, 0.15) is 38.3 Å². The third-order valence-corrected chi connectivity index (χ3v) is 11.0. The number of ether oxygens (including phenoxy) is 7. The normalized spacial score (nSPS) is 12.4. The van der Waals surface area contributed by atoms with Crippen molar-refractivity contribution in [2.24, 2.45) is 0 Å². The molecule has 0 aliphatic heterocycles. The average molecular weight is 839 g/mol. The summed E-state index contributed by atoms with van der Waals surface area (Å²) in [6.07, 6.45) is 41.5. The second-order valence-corrected chi connectivity index (χ2v) is 16.9. The Morgan fingerprint density at radius 2 is 0.475 bits per heavy atom. The maximum absolute atomic E-state index is 6.44. The van der Waals surface area contributed by atoms with Crippen molar-refractivity contribution < 1.29 is 33.2 Å². The first-order valence-electron chi connectivity index (χ1n) is 25.9. The molecule has 0 amide bonds. The molecule has 0 N–H and O–H groups in total. The molecule has 0 saturated heterocycles. The molecule has 0 aromatic carbocycles. The summed E-state index contributed by atoms with van der Waals surface area (Å²) in [4.78, 5) is 0. The quantitative estimate of drug-likeness (QED) is 0.0343. The van der Waals surface area contributed by atoms with Crippen molar-refractivity contribution in [3.8, 4) is 0 Å². The minimum absolute atomic E-state index is 0.124. The van der Waals surface area contributed by atoms with E-state index in [1.54, 1.807) is 0 Å². The molecule has 59 heavy (non-hydrogen) atoms. The van der Waals surface area contributed by atoms with E-state index < -0.39 is 0 Å². The zero-order chi connectivity index (χ0) is 43.0. The average Bonchev–Trinajstić information content (AvgIpc) is 3.25. The summed E-state index contributed by atoms with van der Waals surface area (Å²) in [5.41, 5.74) is 0. The van der Waals surface area contributed by atoms with Crippen LogP contribution in [0.2, 0.25) is 0 Å². The molecule has 0 saturated carbocycles. The minimum Gasteiger partial charge on any atom is -0.494 e. The lowest BCUT2D eigenvalue weighted by Gasteiger charge is -2.19. The Morgan fingerprint density at radius 1 is 0.237 bits per heavy atom. The fraction of sp³-hybridized carbons (Fsp3) is 0.923. The molecule has 0 atom stereocenters. The van der Waals surface area contributed by atoms with Crippen molar-refractivity contribution >= 4 is 0 Å². The molecule has 0 radical (unpaired) electrons. The van der Waals surface area contributed by atoms with Crippen LogP contribution in [0.5, 0.6) is 0 Å². The standard InChI is InChI=1S/C52H102O7/c1-7-13-19-23-27-31-35-41-56-49(39-17-11-5)51(58-43-37-33-29-25-21-15-9-3)45-53-47-55-48-54-46-52(59-44-38-34-30-26-22-16-10-4)50(40-18-12-6)57-42-36-32-28-24-20-14-8-2/h7-48H2,1-6H3. The van der Waals surface area contributed by atoms with Gasteiger partial charge in [0.15, 0.2) is 11.5 Å². The molecule has 7 heteroatoms. The summed E-state index contributed by atoms with van der Waals surface area (Å²) >= 11 is 0. The molecule has 0 aliphatic carbocycles. The van der Waals surface area contributed by atoms with Crippen molar-refractivity contribution in [3.63, 3.8) is 0 Å². The van der Waals surface area contributed by atoms with Crippen LogP contribution < -0.4 is 0 Å². The van der Waals surface area contributed by atoms with E-state index in [-0.39, 0.29) is 13.6 Å². The monoisotopic (exact) mass is 839 g/mol. The molecule has 0 heterocycles. The highest BCUT2D eigenvalue weighted by Gasteiger charge is 2.14. The van der Waals surface area contributed by atoms with Crippen LogP contribution in [0.3, 0.4) is 0 Å². The minimum atomic E-state index is 0.124. The highest BCUT2D eigenvalue weighted by Crippen LogP contribution is 2.21. The summed E-state index contributed by atoms with van der Waals surface area (Å²) in [7, 11) is 0. The highest BCUT2D eigenvalue weighted by atomic mass is 16.7.